The van der Waals surface area contributed by atoms with Crippen molar-refractivity contribution >= 4 is 16.5 Å². The molecule has 20 heavy (non-hydrogen) atoms. The largest absolute Gasteiger partial charge is 0.427 e. The van der Waals surface area contributed by atoms with Gasteiger partial charge in [-0.25, -0.2) is 4.98 Å². The molecular weight excluding hydrogens is 293 g/mol. The molecule has 2 rings (SSSR count). The third kappa shape index (κ3) is 4.07. The highest BCUT2D eigenvalue weighted by Crippen LogP contribution is 2.36. The Morgan fingerprint density at radius 3 is 2.60 bits per heavy atom. The molecule has 1 aromatic heterocycles. The van der Waals surface area contributed by atoms with Crippen molar-refractivity contribution in [3.8, 4) is 0 Å². The van der Waals surface area contributed by atoms with Gasteiger partial charge in [-0.3, -0.25) is 0 Å². The van der Waals surface area contributed by atoms with E-state index < -0.39 is 11.1 Å². The van der Waals surface area contributed by atoms with E-state index in [2.05, 4.69) is 4.98 Å². The fourth-order valence-corrected chi connectivity index (χ4v) is 2.89. The van der Waals surface area contributed by atoms with Crippen LogP contribution in [-0.2, 0) is 15.7 Å². The van der Waals surface area contributed by atoms with Gasteiger partial charge in [0.2, 0.25) is 0 Å². The van der Waals surface area contributed by atoms with E-state index in [1.54, 1.807) is 7.11 Å². The Kier molecular flexibility index (Phi) is 5.22. The highest BCUT2D eigenvalue weighted by Gasteiger charge is 2.34. The molecule has 0 bridgehead atoms. The lowest BCUT2D eigenvalue weighted by Gasteiger charge is -2.31. The summed E-state index contributed by atoms with van der Waals surface area (Å²) in [6.45, 7) is 2.45. The first-order valence-electron chi connectivity index (χ1n) is 6.39. The quantitative estimate of drug-likeness (QED) is 0.783. The van der Waals surface area contributed by atoms with Crippen LogP contribution in [0.1, 0.15) is 17.7 Å². The molecule has 0 unspecified atom stereocenters. The smallest absolute Gasteiger partial charge is 0.382 e. The number of aromatic nitrogens is 1. The van der Waals surface area contributed by atoms with Gasteiger partial charge in [0.05, 0.1) is 25.5 Å². The van der Waals surface area contributed by atoms with Gasteiger partial charge in [-0.2, -0.15) is 13.2 Å². The van der Waals surface area contributed by atoms with Crippen LogP contribution < -0.4 is 4.90 Å². The van der Waals surface area contributed by atoms with E-state index in [1.165, 1.54) is 0 Å². The molecule has 0 atom stereocenters. The maximum absolute atomic E-state index is 12.5. The van der Waals surface area contributed by atoms with Gasteiger partial charge >= 0.3 is 6.18 Å². The predicted molar refractivity (Wildman–Crippen MR) is 70.2 cm³/mol. The first-order chi connectivity index (χ1) is 9.50. The van der Waals surface area contributed by atoms with Crippen LogP contribution in [0.2, 0.25) is 0 Å². The molecule has 0 aromatic carbocycles. The van der Waals surface area contributed by atoms with Gasteiger partial charge < -0.3 is 14.4 Å². The van der Waals surface area contributed by atoms with Gasteiger partial charge in [-0.1, -0.05) is 11.3 Å². The molecule has 4 nitrogen and oxygen atoms in total. The number of hydrogen-bond acceptors (Lipinski definition) is 5. The van der Waals surface area contributed by atoms with Crippen molar-refractivity contribution in [2.24, 2.45) is 0 Å². The fraction of sp³-hybridized carbons (Fsp3) is 0.750. The van der Waals surface area contributed by atoms with E-state index in [9.17, 15) is 13.2 Å². The molecule has 1 aliphatic heterocycles. The minimum atomic E-state index is -4.31. The highest BCUT2D eigenvalue weighted by atomic mass is 32.1. The van der Waals surface area contributed by atoms with Crippen LogP contribution in [0, 0.1) is 0 Å². The van der Waals surface area contributed by atoms with E-state index in [0.717, 1.165) is 19.0 Å². The molecular formula is C12H17F3N2O2S. The minimum absolute atomic E-state index is 0.156. The SMILES string of the molecule is COCCOC1CCN(c2ncc(C(F)(F)F)s2)CC1. The van der Waals surface area contributed by atoms with Crippen molar-refractivity contribution in [2.45, 2.75) is 25.1 Å². The number of methoxy groups -OCH3 is 1. The van der Waals surface area contributed by atoms with Crippen molar-refractivity contribution in [2.75, 3.05) is 38.3 Å². The number of alkyl halides is 3. The second-order valence-electron chi connectivity index (χ2n) is 4.55. The van der Waals surface area contributed by atoms with E-state index in [4.69, 9.17) is 9.47 Å². The standard InChI is InChI=1S/C12H17F3N2O2S/c1-18-6-7-19-9-2-4-17(5-3-9)11-16-8-10(20-11)12(13,14)15/h8-9H,2-7H2,1H3. The number of halogens is 3. The normalized spacial score (nSPS) is 17.7. The third-order valence-electron chi connectivity index (χ3n) is 3.13. The van der Waals surface area contributed by atoms with Crippen LogP contribution in [0.25, 0.3) is 0 Å². The first kappa shape index (κ1) is 15.5. The summed E-state index contributed by atoms with van der Waals surface area (Å²) in [5.41, 5.74) is 0. The molecule has 0 aliphatic carbocycles. The van der Waals surface area contributed by atoms with Gasteiger partial charge in [0.25, 0.3) is 0 Å². The van der Waals surface area contributed by atoms with Crippen LogP contribution in [-0.4, -0.2) is 44.5 Å². The fourth-order valence-electron chi connectivity index (χ4n) is 2.05. The topological polar surface area (TPSA) is 34.6 Å². The average Bonchev–Trinajstić information content (AvgIpc) is 2.89. The van der Waals surface area contributed by atoms with Gasteiger partial charge in [0.1, 0.15) is 4.88 Å². The molecule has 0 spiro atoms. The monoisotopic (exact) mass is 310 g/mol. The van der Waals surface area contributed by atoms with Crippen molar-refractivity contribution in [1.29, 1.82) is 0 Å². The van der Waals surface area contributed by atoms with Crippen molar-refractivity contribution < 1.29 is 22.6 Å². The Balaban J connectivity index is 1.83. The lowest BCUT2D eigenvalue weighted by atomic mass is 10.1. The number of ether oxygens (including phenoxy) is 2. The molecule has 2 heterocycles. The second kappa shape index (κ2) is 6.73. The predicted octanol–water partition coefficient (Wildman–Crippen LogP) is 2.79. The molecule has 1 fully saturated rings. The highest BCUT2D eigenvalue weighted by molar-refractivity contribution is 7.15. The Morgan fingerprint density at radius 1 is 1.35 bits per heavy atom. The lowest BCUT2D eigenvalue weighted by Crippen LogP contribution is -2.37. The van der Waals surface area contributed by atoms with Gasteiger partial charge in [-0.05, 0) is 12.8 Å². The molecule has 1 aliphatic rings. The lowest BCUT2D eigenvalue weighted by molar-refractivity contribution is -0.134. The summed E-state index contributed by atoms with van der Waals surface area (Å²) in [6.07, 6.45) is -1.66. The zero-order chi connectivity index (χ0) is 14.6. The maximum Gasteiger partial charge on any atom is 0.427 e. The molecule has 0 saturated carbocycles. The molecule has 0 radical (unpaired) electrons. The van der Waals surface area contributed by atoms with Crippen LogP contribution in [0.4, 0.5) is 18.3 Å². The summed E-state index contributed by atoms with van der Waals surface area (Å²) < 4.78 is 48.1. The van der Waals surface area contributed by atoms with Gasteiger partial charge in [0.15, 0.2) is 5.13 Å². The molecule has 1 saturated heterocycles. The molecule has 0 amide bonds. The van der Waals surface area contributed by atoms with Crippen LogP contribution in [0.5, 0.6) is 0 Å². The van der Waals surface area contributed by atoms with Gasteiger partial charge in [0, 0.05) is 20.2 Å². The number of thiazole rings is 1. The zero-order valence-electron chi connectivity index (χ0n) is 11.2. The average molecular weight is 310 g/mol. The van der Waals surface area contributed by atoms with E-state index in [1.807, 2.05) is 4.90 Å². The number of anilines is 1. The van der Waals surface area contributed by atoms with E-state index in [0.29, 0.717) is 42.8 Å². The number of rotatable bonds is 5. The van der Waals surface area contributed by atoms with E-state index in [-0.39, 0.29) is 6.10 Å². The third-order valence-corrected chi connectivity index (χ3v) is 4.23. The summed E-state index contributed by atoms with van der Waals surface area (Å²) in [5.74, 6) is 0. The van der Waals surface area contributed by atoms with Crippen molar-refractivity contribution in [3.63, 3.8) is 0 Å². The van der Waals surface area contributed by atoms with Crippen molar-refractivity contribution in [3.05, 3.63) is 11.1 Å². The summed E-state index contributed by atoms with van der Waals surface area (Å²) >= 11 is 0.698. The zero-order valence-corrected chi connectivity index (χ0v) is 12.0. The second-order valence-corrected chi connectivity index (χ2v) is 5.56. The molecule has 8 heteroatoms. The molecule has 114 valence electrons. The first-order valence-corrected chi connectivity index (χ1v) is 7.21. The molecule has 1 aromatic rings. The number of piperidine rings is 1. The number of nitrogens with zero attached hydrogens (tertiary/aromatic N) is 2. The number of hydrogen-bond donors (Lipinski definition) is 0. The van der Waals surface area contributed by atoms with Crippen LogP contribution >= 0.6 is 11.3 Å². The van der Waals surface area contributed by atoms with Crippen molar-refractivity contribution in [1.82, 2.24) is 4.98 Å². The Morgan fingerprint density at radius 2 is 2.05 bits per heavy atom. The summed E-state index contributed by atoms with van der Waals surface area (Å²) in [7, 11) is 1.62. The van der Waals surface area contributed by atoms with Crippen LogP contribution in [0.15, 0.2) is 6.20 Å². The summed E-state index contributed by atoms with van der Waals surface area (Å²) in [5, 5.41) is 0.438. The molecule has 0 N–H and O–H groups in total. The summed E-state index contributed by atoms with van der Waals surface area (Å²) in [4.78, 5) is 5.11. The minimum Gasteiger partial charge on any atom is -0.382 e. The van der Waals surface area contributed by atoms with E-state index >= 15 is 0 Å². The van der Waals surface area contributed by atoms with Crippen LogP contribution in [0.3, 0.4) is 0 Å². The Hall–Kier alpha value is -0.860. The van der Waals surface area contributed by atoms with Gasteiger partial charge in [-0.15, -0.1) is 0 Å². The Bertz CT molecular complexity index is 417. The Labute approximate surface area is 119 Å². The summed E-state index contributed by atoms with van der Waals surface area (Å²) in [6, 6.07) is 0. The maximum atomic E-state index is 12.5.